The van der Waals surface area contributed by atoms with Crippen LogP contribution in [0.2, 0.25) is 0 Å². The maximum absolute atomic E-state index is 11.0. The summed E-state index contributed by atoms with van der Waals surface area (Å²) in [7, 11) is 0. The van der Waals surface area contributed by atoms with E-state index < -0.39 is 0 Å². The van der Waals surface area contributed by atoms with Crippen LogP contribution in [-0.2, 0) is 4.79 Å². The van der Waals surface area contributed by atoms with E-state index in [1.54, 1.807) is 0 Å². The minimum atomic E-state index is 0.364. The second-order valence-electron chi connectivity index (χ2n) is 2.90. The zero-order chi connectivity index (χ0) is 7.56. The van der Waals surface area contributed by atoms with Gasteiger partial charge in [0.05, 0.1) is 0 Å². The van der Waals surface area contributed by atoms with Crippen LogP contribution in [0.15, 0.2) is 11.1 Å². The van der Waals surface area contributed by atoms with Crippen molar-refractivity contribution < 1.29 is 4.79 Å². The van der Waals surface area contributed by atoms with Gasteiger partial charge in [0.15, 0.2) is 5.78 Å². The van der Waals surface area contributed by atoms with E-state index in [1.165, 1.54) is 12.0 Å². The molecule has 0 bridgehead atoms. The number of carbonyl (C=O) groups is 1. The van der Waals surface area contributed by atoms with Crippen LogP contribution >= 0.6 is 0 Å². The van der Waals surface area contributed by atoms with Gasteiger partial charge in [-0.05, 0) is 25.3 Å². The van der Waals surface area contributed by atoms with Crippen LogP contribution in [0, 0.1) is 0 Å². The average Bonchev–Trinajstić information content (AvgIpc) is 2.20. The summed E-state index contributed by atoms with van der Waals surface area (Å²) in [6.07, 6.45) is 4.08. The Bertz CT molecular complexity index is 177. The summed E-state index contributed by atoms with van der Waals surface area (Å²) in [6.45, 7) is 4.11. The lowest BCUT2D eigenvalue weighted by Crippen LogP contribution is -1.90. The van der Waals surface area contributed by atoms with Crippen molar-refractivity contribution in [3.8, 4) is 0 Å². The Hall–Kier alpha value is -0.590. The zero-order valence-corrected chi connectivity index (χ0v) is 6.74. The Morgan fingerprint density at radius 3 is 2.50 bits per heavy atom. The van der Waals surface area contributed by atoms with Gasteiger partial charge in [-0.25, -0.2) is 0 Å². The molecular weight excluding hydrogens is 124 g/mol. The molecule has 0 saturated carbocycles. The van der Waals surface area contributed by atoms with E-state index in [4.69, 9.17) is 0 Å². The molecule has 1 heteroatoms. The van der Waals surface area contributed by atoms with Crippen molar-refractivity contribution in [2.75, 3.05) is 0 Å². The van der Waals surface area contributed by atoms with Crippen LogP contribution in [0.1, 0.15) is 39.5 Å². The fraction of sp³-hybridized carbons (Fsp3) is 0.667. The number of ketones is 1. The van der Waals surface area contributed by atoms with Gasteiger partial charge in [-0.2, -0.15) is 0 Å². The van der Waals surface area contributed by atoms with Gasteiger partial charge in [0, 0.05) is 6.42 Å². The van der Waals surface area contributed by atoms with Crippen molar-refractivity contribution in [2.45, 2.75) is 39.5 Å². The first-order valence-corrected chi connectivity index (χ1v) is 3.97. The first-order valence-electron chi connectivity index (χ1n) is 3.97. The first kappa shape index (κ1) is 7.52. The second-order valence-corrected chi connectivity index (χ2v) is 2.90. The van der Waals surface area contributed by atoms with Crippen molar-refractivity contribution in [3.05, 3.63) is 11.1 Å². The van der Waals surface area contributed by atoms with Crippen molar-refractivity contribution in [1.29, 1.82) is 0 Å². The number of hydrogen-bond acceptors (Lipinski definition) is 1. The van der Waals surface area contributed by atoms with E-state index in [9.17, 15) is 4.79 Å². The van der Waals surface area contributed by atoms with Crippen molar-refractivity contribution in [2.24, 2.45) is 0 Å². The van der Waals surface area contributed by atoms with E-state index in [0.717, 1.165) is 24.8 Å². The fourth-order valence-corrected chi connectivity index (χ4v) is 1.45. The van der Waals surface area contributed by atoms with E-state index in [2.05, 4.69) is 6.92 Å². The Kier molecular flexibility index (Phi) is 2.25. The predicted octanol–water partition coefficient (Wildman–Crippen LogP) is 2.47. The first-order chi connectivity index (χ1) is 4.75. The van der Waals surface area contributed by atoms with Gasteiger partial charge in [0.25, 0.3) is 0 Å². The molecule has 0 unspecified atom stereocenters. The third-order valence-electron chi connectivity index (χ3n) is 2.15. The van der Waals surface area contributed by atoms with Gasteiger partial charge in [-0.3, -0.25) is 4.79 Å². The standard InChI is InChI=1S/C9H14O/c1-3-4-8-5-6-9(10)7(8)2/h3-6H2,1-2H3. The molecule has 1 aliphatic rings. The highest BCUT2D eigenvalue weighted by molar-refractivity contribution is 5.98. The molecule has 0 amide bonds. The average molecular weight is 138 g/mol. The third kappa shape index (κ3) is 1.28. The molecule has 0 aromatic rings. The maximum Gasteiger partial charge on any atom is 0.158 e. The summed E-state index contributed by atoms with van der Waals surface area (Å²) in [4.78, 5) is 11.0. The van der Waals surface area contributed by atoms with Crippen LogP contribution in [-0.4, -0.2) is 5.78 Å². The van der Waals surface area contributed by atoms with Gasteiger partial charge in [0.2, 0.25) is 0 Å². The summed E-state index contributed by atoms with van der Waals surface area (Å²) in [5, 5.41) is 0. The van der Waals surface area contributed by atoms with Gasteiger partial charge >= 0.3 is 0 Å². The normalized spacial score (nSPS) is 18.8. The molecule has 1 rings (SSSR count). The predicted molar refractivity (Wildman–Crippen MR) is 41.8 cm³/mol. The zero-order valence-electron chi connectivity index (χ0n) is 6.74. The molecule has 0 spiro atoms. The highest BCUT2D eigenvalue weighted by Crippen LogP contribution is 2.25. The Labute approximate surface area is 62.1 Å². The minimum Gasteiger partial charge on any atom is -0.295 e. The summed E-state index contributed by atoms with van der Waals surface area (Å²) in [6, 6.07) is 0. The molecular formula is C9H14O. The van der Waals surface area contributed by atoms with E-state index in [1.807, 2.05) is 6.92 Å². The monoisotopic (exact) mass is 138 g/mol. The van der Waals surface area contributed by atoms with Gasteiger partial charge in [0.1, 0.15) is 0 Å². The molecule has 0 aromatic heterocycles. The molecule has 10 heavy (non-hydrogen) atoms. The summed E-state index contributed by atoms with van der Waals surface area (Å²) < 4.78 is 0. The maximum atomic E-state index is 11.0. The Morgan fingerprint density at radius 1 is 1.40 bits per heavy atom. The van der Waals surface area contributed by atoms with Crippen LogP contribution in [0.3, 0.4) is 0 Å². The summed E-state index contributed by atoms with van der Waals surface area (Å²) >= 11 is 0. The Balaban J connectivity index is 2.65. The van der Waals surface area contributed by atoms with Crippen LogP contribution in [0.25, 0.3) is 0 Å². The second kappa shape index (κ2) is 3.00. The minimum absolute atomic E-state index is 0.364. The Morgan fingerprint density at radius 2 is 2.10 bits per heavy atom. The quantitative estimate of drug-likeness (QED) is 0.573. The smallest absolute Gasteiger partial charge is 0.158 e. The molecule has 0 atom stereocenters. The lowest BCUT2D eigenvalue weighted by atomic mass is 10.1. The SMILES string of the molecule is CCCC1=C(C)C(=O)CC1. The topological polar surface area (TPSA) is 17.1 Å². The summed E-state index contributed by atoms with van der Waals surface area (Å²) in [5.41, 5.74) is 2.44. The highest BCUT2D eigenvalue weighted by Gasteiger charge is 2.17. The molecule has 0 saturated heterocycles. The van der Waals surface area contributed by atoms with Crippen molar-refractivity contribution in [3.63, 3.8) is 0 Å². The number of hydrogen-bond donors (Lipinski definition) is 0. The van der Waals surface area contributed by atoms with Gasteiger partial charge in [-0.1, -0.05) is 18.9 Å². The van der Waals surface area contributed by atoms with Gasteiger partial charge < -0.3 is 0 Å². The lowest BCUT2D eigenvalue weighted by molar-refractivity contribution is -0.114. The lowest BCUT2D eigenvalue weighted by Gasteiger charge is -1.97. The third-order valence-corrected chi connectivity index (χ3v) is 2.15. The number of rotatable bonds is 2. The highest BCUT2D eigenvalue weighted by atomic mass is 16.1. The molecule has 0 aliphatic heterocycles. The fourth-order valence-electron chi connectivity index (χ4n) is 1.45. The van der Waals surface area contributed by atoms with Crippen LogP contribution in [0.4, 0.5) is 0 Å². The number of allylic oxidation sites excluding steroid dienone is 2. The van der Waals surface area contributed by atoms with E-state index >= 15 is 0 Å². The molecule has 0 N–H and O–H groups in total. The molecule has 0 fully saturated rings. The molecule has 0 heterocycles. The van der Waals surface area contributed by atoms with Crippen LogP contribution in [0.5, 0.6) is 0 Å². The summed E-state index contributed by atoms with van der Waals surface area (Å²) in [5.74, 6) is 0.364. The number of Topliss-reactive ketones (excluding diaryl/α,β-unsaturated/α-hetero) is 1. The molecule has 0 radical (unpaired) electrons. The molecule has 1 nitrogen and oxygen atoms in total. The van der Waals surface area contributed by atoms with E-state index in [-0.39, 0.29) is 0 Å². The largest absolute Gasteiger partial charge is 0.295 e. The molecule has 0 aromatic carbocycles. The van der Waals surface area contributed by atoms with Crippen molar-refractivity contribution >= 4 is 5.78 Å². The van der Waals surface area contributed by atoms with Gasteiger partial charge in [-0.15, -0.1) is 0 Å². The van der Waals surface area contributed by atoms with Crippen LogP contribution < -0.4 is 0 Å². The molecule has 1 aliphatic carbocycles. The van der Waals surface area contributed by atoms with E-state index in [0.29, 0.717) is 5.78 Å². The van der Waals surface area contributed by atoms with Crippen molar-refractivity contribution in [1.82, 2.24) is 0 Å². The molecule has 56 valence electrons. The number of carbonyl (C=O) groups excluding carboxylic acids is 1.